The van der Waals surface area contributed by atoms with Gasteiger partial charge in [-0.1, -0.05) is 0 Å². The Hall–Kier alpha value is -1.95. The van der Waals surface area contributed by atoms with Crippen molar-refractivity contribution in [2.24, 2.45) is 0 Å². The number of hydrogen-bond acceptors (Lipinski definition) is 6. The largest absolute Gasteiger partial charge is 0.420 e. The summed E-state index contributed by atoms with van der Waals surface area (Å²) in [5, 5.41) is 0.480. The lowest BCUT2D eigenvalue weighted by Gasteiger charge is -1.99. The maximum Gasteiger partial charge on any atom is 0.363 e. The normalized spacial score (nSPS) is 9.87. The molecule has 0 fully saturated rings. The van der Waals surface area contributed by atoms with Gasteiger partial charge in [-0.2, -0.15) is 4.37 Å². The Bertz CT molecular complexity index is 469. The van der Waals surface area contributed by atoms with Gasteiger partial charge in [0.05, 0.1) is 6.20 Å². The third-order valence-electron chi connectivity index (χ3n) is 1.58. The van der Waals surface area contributed by atoms with Crippen LogP contribution in [0.25, 0.3) is 0 Å². The van der Waals surface area contributed by atoms with E-state index < -0.39 is 5.97 Å². The monoisotopic (exact) mass is 221 g/mol. The van der Waals surface area contributed by atoms with Gasteiger partial charge in [0, 0.05) is 12.3 Å². The number of nitrogens with two attached hydrogens (primary N) is 1. The molecule has 15 heavy (non-hydrogen) atoms. The number of rotatable bonds is 2. The zero-order chi connectivity index (χ0) is 10.7. The lowest BCUT2D eigenvalue weighted by molar-refractivity contribution is 0.0729. The van der Waals surface area contributed by atoms with Crippen LogP contribution in [0.4, 0.5) is 5.00 Å². The molecule has 0 unspecified atom stereocenters. The fraction of sp³-hybridized carbons (Fsp3) is 0. The first-order chi connectivity index (χ1) is 7.25. The number of ether oxygens (including phenoxy) is 1. The van der Waals surface area contributed by atoms with Gasteiger partial charge in [-0.05, 0) is 23.7 Å². The molecular weight excluding hydrogens is 214 g/mol. The van der Waals surface area contributed by atoms with Crippen LogP contribution >= 0.6 is 11.5 Å². The van der Waals surface area contributed by atoms with E-state index in [2.05, 4.69) is 9.36 Å². The number of hydrogen-bond donors (Lipinski definition) is 1. The zero-order valence-electron chi connectivity index (χ0n) is 7.58. The van der Waals surface area contributed by atoms with E-state index in [0.29, 0.717) is 10.8 Å². The zero-order valence-corrected chi connectivity index (χ0v) is 8.40. The number of aromatic nitrogens is 2. The van der Waals surface area contributed by atoms with Crippen LogP contribution in [0.3, 0.4) is 0 Å². The summed E-state index contributed by atoms with van der Waals surface area (Å²) in [6, 6.07) is 4.79. The van der Waals surface area contributed by atoms with Crippen molar-refractivity contribution in [3.63, 3.8) is 0 Å². The van der Waals surface area contributed by atoms with Crippen molar-refractivity contribution in [1.82, 2.24) is 9.36 Å². The predicted octanol–water partition coefficient (Wildman–Crippen LogP) is 1.34. The second kappa shape index (κ2) is 4.05. The predicted molar refractivity (Wildman–Crippen MR) is 55.7 cm³/mol. The van der Waals surface area contributed by atoms with Crippen molar-refractivity contribution in [1.29, 1.82) is 0 Å². The van der Waals surface area contributed by atoms with E-state index in [1.54, 1.807) is 18.3 Å². The number of nitrogen functional groups attached to an aromatic ring is 1. The van der Waals surface area contributed by atoms with Gasteiger partial charge in [-0.15, -0.1) is 0 Å². The van der Waals surface area contributed by atoms with Gasteiger partial charge in [0.15, 0.2) is 5.69 Å². The van der Waals surface area contributed by atoms with E-state index in [1.807, 2.05) is 0 Å². The Morgan fingerprint density at radius 2 is 2.40 bits per heavy atom. The number of carbonyl (C=O) groups excluding carboxylic acids is 1. The highest BCUT2D eigenvalue weighted by Crippen LogP contribution is 2.14. The standard InChI is InChI=1S/C9H7N3O2S/c10-8-4-7(12-15-8)9(13)14-6-2-1-3-11-5-6/h1-5H,10H2. The second-order valence-electron chi connectivity index (χ2n) is 2.69. The Morgan fingerprint density at radius 1 is 1.53 bits per heavy atom. The smallest absolute Gasteiger partial charge is 0.363 e. The molecule has 0 amide bonds. The van der Waals surface area contributed by atoms with E-state index in [1.165, 1.54) is 12.3 Å². The van der Waals surface area contributed by atoms with Gasteiger partial charge in [-0.3, -0.25) is 4.98 Å². The van der Waals surface area contributed by atoms with Gasteiger partial charge >= 0.3 is 5.97 Å². The van der Waals surface area contributed by atoms with Gasteiger partial charge in [0.2, 0.25) is 0 Å². The number of carbonyl (C=O) groups is 1. The Kier molecular flexibility index (Phi) is 2.59. The summed E-state index contributed by atoms with van der Waals surface area (Å²) in [7, 11) is 0. The molecule has 2 aromatic rings. The van der Waals surface area contributed by atoms with E-state index in [0.717, 1.165) is 11.5 Å². The SMILES string of the molecule is Nc1cc(C(=O)Oc2cccnc2)ns1. The molecule has 2 heterocycles. The van der Waals surface area contributed by atoms with Gasteiger partial charge in [-0.25, -0.2) is 4.79 Å². The Morgan fingerprint density at radius 3 is 3.00 bits per heavy atom. The molecule has 2 aromatic heterocycles. The maximum atomic E-state index is 11.5. The van der Waals surface area contributed by atoms with Gasteiger partial charge in [0.1, 0.15) is 10.8 Å². The Labute approximate surface area is 89.7 Å². The average molecular weight is 221 g/mol. The number of nitrogens with zero attached hydrogens (tertiary/aromatic N) is 2. The molecule has 2 N–H and O–H groups in total. The molecule has 0 aliphatic rings. The fourth-order valence-corrected chi connectivity index (χ4v) is 1.45. The molecule has 0 saturated heterocycles. The molecule has 0 saturated carbocycles. The molecule has 76 valence electrons. The molecule has 0 aliphatic heterocycles. The van der Waals surface area contributed by atoms with E-state index in [-0.39, 0.29) is 5.69 Å². The first-order valence-corrected chi connectivity index (χ1v) is 4.87. The summed E-state index contributed by atoms with van der Waals surface area (Å²) in [6.45, 7) is 0. The minimum atomic E-state index is -0.532. The first kappa shape index (κ1) is 9.60. The van der Waals surface area contributed by atoms with Crippen LogP contribution in [0, 0.1) is 0 Å². The van der Waals surface area contributed by atoms with Crippen LogP contribution in [0.15, 0.2) is 30.6 Å². The molecule has 6 heteroatoms. The summed E-state index contributed by atoms with van der Waals surface area (Å²) in [6.07, 6.45) is 3.05. The van der Waals surface area contributed by atoms with Crippen LogP contribution in [-0.4, -0.2) is 15.3 Å². The molecule has 0 aliphatic carbocycles. The number of pyridine rings is 1. The third kappa shape index (κ3) is 2.29. The summed E-state index contributed by atoms with van der Waals surface area (Å²) in [5.41, 5.74) is 5.66. The van der Waals surface area contributed by atoms with Crippen LogP contribution in [0.5, 0.6) is 5.75 Å². The molecule has 0 aromatic carbocycles. The fourth-order valence-electron chi connectivity index (χ4n) is 0.952. The van der Waals surface area contributed by atoms with Crippen molar-refractivity contribution in [2.75, 3.05) is 5.73 Å². The van der Waals surface area contributed by atoms with Crippen LogP contribution in [0.1, 0.15) is 10.5 Å². The molecule has 0 atom stereocenters. The topological polar surface area (TPSA) is 78.1 Å². The second-order valence-corrected chi connectivity index (χ2v) is 3.53. The van der Waals surface area contributed by atoms with Crippen molar-refractivity contribution in [2.45, 2.75) is 0 Å². The van der Waals surface area contributed by atoms with Crippen molar-refractivity contribution in [3.8, 4) is 5.75 Å². The summed E-state index contributed by atoms with van der Waals surface area (Å²) >= 11 is 1.05. The van der Waals surface area contributed by atoms with Gasteiger partial charge < -0.3 is 10.5 Å². The van der Waals surface area contributed by atoms with Crippen LogP contribution in [-0.2, 0) is 0 Å². The third-order valence-corrected chi connectivity index (χ3v) is 2.20. The van der Waals surface area contributed by atoms with Gasteiger partial charge in [0.25, 0.3) is 0 Å². The molecule has 0 radical (unpaired) electrons. The summed E-state index contributed by atoms with van der Waals surface area (Å²) < 4.78 is 8.83. The van der Waals surface area contributed by atoms with Crippen molar-refractivity contribution < 1.29 is 9.53 Å². The lowest BCUT2D eigenvalue weighted by atomic mass is 10.4. The minimum absolute atomic E-state index is 0.210. The highest BCUT2D eigenvalue weighted by atomic mass is 32.1. The highest BCUT2D eigenvalue weighted by molar-refractivity contribution is 7.10. The average Bonchev–Trinajstić information content (AvgIpc) is 2.66. The van der Waals surface area contributed by atoms with E-state index >= 15 is 0 Å². The highest BCUT2D eigenvalue weighted by Gasteiger charge is 2.12. The van der Waals surface area contributed by atoms with Crippen molar-refractivity contribution in [3.05, 3.63) is 36.3 Å². The quantitative estimate of drug-likeness (QED) is 0.774. The molecule has 0 spiro atoms. The van der Waals surface area contributed by atoms with Crippen LogP contribution in [0.2, 0.25) is 0 Å². The molecular formula is C9H7N3O2S. The summed E-state index contributed by atoms with van der Waals surface area (Å²) in [5.74, 6) is -0.148. The molecule has 0 bridgehead atoms. The van der Waals surface area contributed by atoms with E-state index in [4.69, 9.17) is 10.5 Å². The number of esters is 1. The Balaban J connectivity index is 2.11. The van der Waals surface area contributed by atoms with E-state index in [9.17, 15) is 4.79 Å². The van der Waals surface area contributed by atoms with Crippen molar-refractivity contribution >= 4 is 22.5 Å². The minimum Gasteiger partial charge on any atom is -0.420 e. The molecule has 5 nitrogen and oxygen atoms in total. The summed E-state index contributed by atoms with van der Waals surface area (Å²) in [4.78, 5) is 15.3. The van der Waals surface area contributed by atoms with Crippen LogP contribution < -0.4 is 10.5 Å². The lowest BCUT2D eigenvalue weighted by Crippen LogP contribution is -2.08. The first-order valence-electron chi connectivity index (χ1n) is 4.10. The molecule has 2 rings (SSSR count). The number of anilines is 1. The maximum absolute atomic E-state index is 11.5.